The van der Waals surface area contributed by atoms with E-state index in [1.54, 1.807) is 29.2 Å². The molecule has 0 atom stereocenters. The summed E-state index contributed by atoms with van der Waals surface area (Å²) in [6, 6.07) is 7.28. The molecule has 1 aromatic carbocycles. The van der Waals surface area contributed by atoms with Crippen molar-refractivity contribution >= 4 is 35.2 Å². The van der Waals surface area contributed by atoms with Crippen LogP contribution in [0.25, 0.3) is 0 Å². The zero-order valence-corrected chi connectivity index (χ0v) is 18.6. The van der Waals surface area contributed by atoms with E-state index < -0.39 is 0 Å². The van der Waals surface area contributed by atoms with E-state index in [4.69, 9.17) is 0 Å². The predicted octanol–water partition coefficient (Wildman–Crippen LogP) is 3.63. The van der Waals surface area contributed by atoms with Crippen LogP contribution in [-0.2, 0) is 9.59 Å². The SMILES string of the molecule is CCN(CC)C(=O)c1ccc(NC(=O)CSCC(=O)N(C)C2CCCCC2)cc1. The molecule has 0 aliphatic heterocycles. The van der Waals surface area contributed by atoms with Crippen molar-refractivity contribution in [2.24, 2.45) is 0 Å². The van der Waals surface area contributed by atoms with Crippen molar-refractivity contribution in [2.75, 3.05) is 37.0 Å². The lowest BCUT2D eigenvalue weighted by Crippen LogP contribution is -2.39. The van der Waals surface area contributed by atoms with Crippen molar-refractivity contribution in [1.82, 2.24) is 9.80 Å². The van der Waals surface area contributed by atoms with Crippen molar-refractivity contribution in [1.29, 1.82) is 0 Å². The van der Waals surface area contributed by atoms with Crippen LogP contribution in [0, 0.1) is 0 Å². The Morgan fingerprint density at radius 2 is 1.62 bits per heavy atom. The number of anilines is 1. The highest BCUT2D eigenvalue weighted by molar-refractivity contribution is 8.00. The van der Waals surface area contributed by atoms with Crippen molar-refractivity contribution in [3.63, 3.8) is 0 Å². The van der Waals surface area contributed by atoms with Gasteiger partial charge in [0.15, 0.2) is 0 Å². The minimum Gasteiger partial charge on any atom is -0.342 e. The van der Waals surface area contributed by atoms with Gasteiger partial charge in [0.05, 0.1) is 11.5 Å². The first-order valence-electron chi connectivity index (χ1n) is 10.5. The van der Waals surface area contributed by atoms with Gasteiger partial charge in [-0.3, -0.25) is 14.4 Å². The highest BCUT2D eigenvalue weighted by atomic mass is 32.2. The van der Waals surface area contributed by atoms with E-state index in [1.807, 2.05) is 25.8 Å². The van der Waals surface area contributed by atoms with E-state index in [0.29, 0.717) is 36.1 Å². The van der Waals surface area contributed by atoms with Gasteiger partial charge in [-0.2, -0.15) is 0 Å². The molecule has 2 rings (SSSR count). The van der Waals surface area contributed by atoms with Crippen molar-refractivity contribution in [2.45, 2.75) is 52.0 Å². The summed E-state index contributed by atoms with van der Waals surface area (Å²) in [6.07, 6.45) is 5.81. The Labute approximate surface area is 178 Å². The van der Waals surface area contributed by atoms with Crippen molar-refractivity contribution in [3.8, 4) is 0 Å². The largest absolute Gasteiger partial charge is 0.342 e. The molecule has 1 aliphatic carbocycles. The monoisotopic (exact) mass is 419 g/mol. The zero-order valence-electron chi connectivity index (χ0n) is 17.8. The normalized spacial score (nSPS) is 14.3. The van der Waals surface area contributed by atoms with Crippen LogP contribution >= 0.6 is 11.8 Å². The van der Waals surface area contributed by atoms with Gasteiger partial charge >= 0.3 is 0 Å². The summed E-state index contributed by atoms with van der Waals surface area (Å²) in [5.74, 6) is 0.478. The summed E-state index contributed by atoms with van der Waals surface area (Å²) >= 11 is 1.33. The van der Waals surface area contributed by atoms with Crippen LogP contribution in [0.15, 0.2) is 24.3 Å². The van der Waals surface area contributed by atoms with E-state index in [-0.39, 0.29) is 23.5 Å². The molecule has 0 bridgehead atoms. The van der Waals surface area contributed by atoms with Crippen LogP contribution < -0.4 is 5.32 Å². The maximum Gasteiger partial charge on any atom is 0.253 e. The molecule has 0 heterocycles. The van der Waals surface area contributed by atoms with E-state index in [9.17, 15) is 14.4 Å². The molecule has 0 unspecified atom stereocenters. The van der Waals surface area contributed by atoms with Gasteiger partial charge in [-0.05, 0) is 51.0 Å². The Morgan fingerprint density at radius 1 is 1.00 bits per heavy atom. The molecule has 1 fully saturated rings. The van der Waals surface area contributed by atoms with Gasteiger partial charge in [-0.15, -0.1) is 11.8 Å². The fraction of sp³-hybridized carbons (Fsp3) is 0.591. The van der Waals surface area contributed by atoms with Crippen LogP contribution in [0.4, 0.5) is 5.69 Å². The van der Waals surface area contributed by atoms with Crippen LogP contribution in [0.2, 0.25) is 0 Å². The first-order valence-corrected chi connectivity index (χ1v) is 11.6. The first-order chi connectivity index (χ1) is 14.0. The van der Waals surface area contributed by atoms with Gasteiger partial charge in [-0.25, -0.2) is 0 Å². The lowest BCUT2D eigenvalue weighted by atomic mass is 9.94. The molecule has 160 valence electrons. The smallest absolute Gasteiger partial charge is 0.253 e. The number of benzene rings is 1. The predicted molar refractivity (Wildman–Crippen MR) is 119 cm³/mol. The Balaban J connectivity index is 1.74. The highest BCUT2D eigenvalue weighted by Crippen LogP contribution is 2.22. The fourth-order valence-corrected chi connectivity index (χ4v) is 4.33. The highest BCUT2D eigenvalue weighted by Gasteiger charge is 2.22. The number of thioether (sulfide) groups is 1. The number of rotatable bonds is 9. The van der Waals surface area contributed by atoms with E-state index in [0.717, 1.165) is 12.8 Å². The van der Waals surface area contributed by atoms with Crippen LogP contribution in [0.5, 0.6) is 0 Å². The summed E-state index contributed by atoms with van der Waals surface area (Å²) in [5.41, 5.74) is 1.26. The van der Waals surface area contributed by atoms with Crippen LogP contribution in [-0.4, -0.2) is 65.2 Å². The van der Waals surface area contributed by atoms with Gasteiger partial charge < -0.3 is 15.1 Å². The summed E-state index contributed by atoms with van der Waals surface area (Å²) in [5, 5.41) is 2.82. The van der Waals surface area contributed by atoms with Gasteiger partial charge in [0.25, 0.3) is 5.91 Å². The number of nitrogens with zero attached hydrogens (tertiary/aromatic N) is 2. The second-order valence-corrected chi connectivity index (χ2v) is 8.38. The van der Waals surface area contributed by atoms with Crippen molar-refractivity contribution < 1.29 is 14.4 Å². The van der Waals surface area contributed by atoms with E-state index >= 15 is 0 Å². The number of amides is 3. The fourth-order valence-electron chi connectivity index (χ4n) is 3.59. The maximum absolute atomic E-state index is 12.3. The molecule has 0 spiro atoms. The molecule has 0 aromatic heterocycles. The molecule has 3 amide bonds. The molecule has 0 radical (unpaired) electrons. The Bertz CT molecular complexity index is 683. The number of carbonyl (C=O) groups is 3. The quantitative estimate of drug-likeness (QED) is 0.664. The molecule has 7 heteroatoms. The average Bonchev–Trinajstić information content (AvgIpc) is 2.75. The minimum atomic E-state index is -0.147. The maximum atomic E-state index is 12.3. The number of hydrogen-bond acceptors (Lipinski definition) is 4. The van der Waals surface area contributed by atoms with E-state index in [1.165, 1.54) is 31.0 Å². The minimum absolute atomic E-state index is 0.0102. The molecular formula is C22H33N3O3S. The third kappa shape index (κ3) is 7.07. The molecular weight excluding hydrogens is 386 g/mol. The van der Waals surface area contributed by atoms with Crippen molar-refractivity contribution in [3.05, 3.63) is 29.8 Å². The van der Waals surface area contributed by atoms with Gasteiger partial charge in [0.2, 0.25) is 11.8 Å². The summed E-state index contributed by atoms with van der Waals surface area (Å²) in [7, 11) is 1.88. The summed E-state index contributed by atoms with van der Waals surface area (Å²) in [6.45, 7) is 5.23. The zero-order chi connectivity index (χ0) is 21.2. The lowest BCUT2D eigenvalue weighted by Gasteiger charge is -2.31. The van der Waals surface area contributed by atoms with Crippen LogP contribution in [0.3, 0.4) is 0 Å². The second kappa shape index (κ2) is 11.9. The molecule has 0 saturated heterocycles. The number of nitrogens with one attached hydrogen (secondary N) is 1. The lowest BCUT2D eigenvalue weighted by molar-refractivity contribution is -0.129. The topological polar surface area (TPSA) is 69.7 Å². The van der Waals surface area contributed by atoms with Gasteiger partial charge in [0.1, 0.15) is 0 Å². The average molecular weight is 420 g/mol. The summed E-state index contributed by atoms with van der Waals surface area (Å²) < 4.78 is 0. The first kappa shape index (κ1) is 23.3. The Hall–Kier alpha value is -2.02. The molecule has 1 N–H and O–H groups in total. The third-order valence-electron chi connectivity index (χ3n) is 5.44. The Kier molecular flexibility index (Phi) is 9.51. The Morgan fingerprint density at radius 3 is 2.21 bits per heavy atom. The van der Waals surface area contributed by atoms with E-state index in [2.05, 4.69) is 5.32 Å². The third-order valence-corrected chi connectivity index (χ3v) is 6.36. The van der Waals surface area contributed by atoms with Crippen LogP contribution in [0.1, 0.15) is 56.3 Å². The second-order valence-electron chi connectivity index (χ2n) is 7.39. The van der Waals surface area contributed by atoms with Gasteiger partial charge in [0, 0.05) is 37.4 Å². The molecule has 6 nitrogen and oxygen atoms in total. The molecule has 1 saturated carbocycles. The van der Waals surface area contributed by atoms with Gasteiger partial charge in [-0.1, -0.05) is 19.3 Å². The molecule has 29 heavy (non-hydrogen) atoms. The number of hydrogen-bond donors (Lipinski definition) is 1. The number of carbonyl (C=O) groups excluding carboxylic acids is 3. The molecule has 1 aliphatic rings. The summed E-state index contributed by atoms with van der Waals surface area (Å²) in [4.78, 5) is 40.4. The standard InChI is InChI=1S/C22H33N3O3S/c1-4-25(5-2)22(28)17-11-13-18(14-12-17)23-20(26)15-29-16-21(27)24(3)19-9-7-6-8-10-19/h11-14,19H,4-10,15-16H2,1-3H3,(H,23,26). The molecule has 1 aromatic rings.